The lowest BCUT2D eigenvalue weighted by Gasteiger charge is -2.07. The van der Waals surface area contributed by atoms with Crippen LogP contribution in [0.1, 0.15) is 53.7 Å². The molecule has 0 atom stereocenters. The summed E-state index contributed by atoms with van der Waals surface area (Å²) >= 11 is 1.80. The van der Waals surface area contributed by atoms with Crippen LogP contribution < -0.4 is 5.32 Å². The second-order valence-electron chi connectivity index (χ2n) is 6.03. The Kier molecular flexibility index (Phi) is 4.36. The molecule has 4 heteroatoms. The quantitative estimate of drug-likeness (QED) is 0.863. The van der Waals surface area contributed by atoms with Crippen molar-refractivity contribution >= 4 is 11.3 Å². The van der Waals surface area contributed by atoms with Gasteiger partial charge < -0.3 is 5.32 Å². The van der Waals surface area contributed by atoms with Gasteiger partial charge in [0.1, 0.15) is 5.82 Å². The number of aromatic nitrogens is 1. The molecule has 1 aromatic carbocycles. The van der Waals surface area contributed by atoms with E-state index < -0.39 is 0 Å². The Morgan fingerprint density at radius 2 is 2.00 bits per heavy atom. The molecule has 21 heavy (non-hydrogen) atoms. The third-order valence-corrected chi connectivity index (χ3v) is 4.75. The standard InChI is InChI=1S/C17H21FN2S/c1-11(2)19-10-15-17(13-5-6-13)20-16(21-15)9-12-3-7-14(18)8-4-12/h3-4,7-8,11,13,19H,5-6,9-10H2,1-2H3. The topological polar surface area (TPSA) is 24.9 Å². The fraction of sp³-hybridized carbons (Fsp3) is 0.471. The summed E-state index contributed by atoms with van der Waals surface area (Å²) in [6.07, 6.45) is 3.34. The van der Waals surface area contributed by atoms with Crippen LogP contribution in [0.5, 0.6) is 0 Å². The normalized spacial score (nSPS) is 14.9. The summed E-state index contributed by atoms with van der Waals surface area (Å²) in [6, 6.07) is 7.22. The summed E-state index contributed by atoms with van der Waals surface area (Å²) in [5, 5.41) is 4.63. The van der Waals surface area contributed by atoms with Gasteiger partial charge in [-0.2, -0.15) is 0 Å². The van der Waals surface area contributed by atoms with E-state index in [1.54, 1.807) is 11.3 Å². The average molecular weight is 304 g/mol. The summed E-state index contributed by atoms with van der Waals surface area (Å²) in [6.45, 7) is 5.24. The monoisotopic (exact) mass is 304 g/mol. The fourth-order valence-electron chi connectivity index (χ4n) is 2.37. The van der Waals surface area contributed by atoms with Crippen LogP contribution in [0.4, 0.5) is 4.39 Å². The van der Waals surface area contributed by atoms with Crippen molar-refractivity contribution < 1.29 is 4.39 Å². The van der Waals surface area contributed by atoms with Gasteiger partial charge in [-0.25, -0.2) is 9.37 Å². The van der Waals surface area contributed by atoms with Crippen molar-refractivity contribution in [2.24, 2.45) is 0 Å². The van der Waals surface area contributed by atoms with E-state index in [0.29, 0.717) is 12.0 Å². The Hall–Kier alpha value is -1.26. The number of thiazole rings is 1. The maximum atomic E-state index is 13.0. The molecule has 0 unspecified atom stereocenters. The summed E-state index contributed by atoms with van der Waals surface area (Å²) in [7, 11) is 0. The first-order valence-corrected chi connectivity index (χ1v) is 8.40. The molecular weight excluding hydrogens is 283 g/mol. The molecule has 2 nitrogen and oxygen atoms in total. The molecule has 1 N–H and O–H groups in total. The van der Waals surface area contributed by atoms with Crippen LogP contribution in [0.2, 0.25) is 0 Å². The molecule has 1 aromatic heterocycles. The van der Waals surface area contributed by atoms with Gasteiger partial charge in [0.2, 0.25) is 0 Å². The molecule has 2 aromatic rings. The van der Waals surface area contributed by atoms with Crippen molar-refractivity contribution in [1.29, 1.82) is 0 Å². The third kappa shape index (κ3) is 3.89. The predicted molar refractivity (Wildman–Crippen MR) is 85.3 cm³/mol. The summed E-state index contributed by atoms with van der Waals surface area (Å²) in [5.74, 6) is 0.491. The largest absolute Gasteiger partial charge is 0.310 e. The van der Waals surface area contributed by atoms with E-state index in [1.807, 2.05) is 12.1 Å². The Morgan fingerprint density at radius 3 is 2.62 bits per heavy atom. The number of hydrogen-bond acceptors (Lipinski definition) is 3. The Bertz CT molecular complexity index is 600. The highest BCUT2D eigenvalue weighted by atomic mass is 32.1. The first-order valence-electron chi connectivity index (χ1n) is 7.58. The van der Waals surface area contributed by atoms with E-state index in [0.717, 1.165) is 23.5 Å². The van der Waals surface area contributed by atoms with Gasteiger partial charge in [0, 0.05) is 29.8 Å². The van der Waals surface area contributed by atoms with Gasteiger partial charge in [-0.15, -0.1) is 11.3 Å². The second-order valence-corrected chi connectivity index (χ2v) is 7.20. The minimum absolute atomic E-state index is 0.182. The highest BCUT2D eigenvalue weighted by Crippen LogP contribution is 2.42. The van der Waals surface area contributed by atoms with E-state index in [2.05, 4.69) is 19.2 Å². The van der Waals surface area contributed by atoms with E-state index in [4.69, 9.17) is 4.98 Å². The fourth-order valence-corrected chi connectivity index (χ4v) is 3.51. The van der Waals surface area contributed by atoms with Crippen molar-refractivity contribution in [2.45, 2.75) is 51.6 Å². The van der Waals surface area contributed by atoms with E-state index in [-0.39, 0.29) is 5.82 Å². The van der Waals surface area contributed by atoms with E-state index in [1.165, 1.54) is 35.5 Å². The van der Waals surface area contributed by atoms with Gasteiger partial charge in [0.25, 0.3) is 0 Å². The molecule has 112 valence electrons. The molecule has 0 radical (unpaired) electrons. The Balaban J connectivity index is 1.75. The zero-order valence-corrected chi connectivity index (χ0v) is 13.3. The first-order chi connectivity index (χ1) is 10.1. The number of nitrogens with zero attached hydrogens (tertiary/aromatic N) is 1. The number of hydrogen-bond donors (Lipinski definition) is 1. The second kappa shape index (κ2) is 6.24. The average Bonchev–Trinajstić information content (AvgIpc) is 3.21. The SMILES string of the molecule is CC(C)NCc1sc(Cc2ccc(F)cc2)nc1C1CC1. The lowest BCUT2D eigenvalue weighted by atomic mass is 10.1. The zero-order chi connectivity index (χ0) is 14.8. The van der Waals surface area contributed by atoms with Crippen molar-refractivity contribution in [3.63, 3.8) is 0 Å². The lowest BCUT2D eigenvalue weighted by Crippen LogP contribution is -2.21. The van der Waals surface area contributed by atoms with Crippen LogP contribution in [0.25, 0.3) is 0 Å². The molecule has 0 saturated heterocycles. The van der Waals surface area contributed by atoms with Crippen LogP contribution in [-0.4, -0.2) is 11.0 Å². The van der Waals surface area contributed by atoms with Gasteiger partial charge in [-0.05, 0) is 30.5 Å². The Labute approximate surface area is 129 Å². The minimum atomic E-state index is -0.182. The molecule has 0 amide bonds. The predicted octanol–water partition coefficient (Wildman–Crippen LogP) is 4.25. The Morgan fingerprint density at radius 1 is 1.29 bits per heavy atom. The molecular formula is C17H21FN2S. The summed E-state index contributed by atoms with van der Waals surface area (Å²) < 4.78 is 13.0. The molecule has 3 rings (SSSR count). The number of nitrogens with one attached hydrogen (secondary N) is 1. The highest BCUT2D eigenvalue weighted by molar-refractivity contribution is 7.11. The molecule has 1 saturated carbocycles. The van der Waals surface area contributed by atoms with Gasteiger partial charge >= 0.3 is 0 Å². The number of rotatable bonds is 6. The van der Waals surface area contributed by atoms with Crippen molar-refractivity contribution in [1.82, 2.24) is 10.3 Å². The van der Waals surface area contributed by atoms with Crippen LogP contribution in [0.3, 0.4) is 0 Å². The van der Waals surface area contributed by atoms with Gasteiger partial charge in [0.05, 0.1) is 10.7 Å². The van der Waals surface area contributed by atoms with Gasteiger partial charge in [-0.3, -0.25) is 0 Å². The lowest BCUT2D eigenvalue weighted by molar-refractivity contribution is 0.590. The summed E-state index contributed by atoms with van der Waals surface area (Å²) in [5.41, 5.74) is 2.42. The van der Waals surface area contributed by atoms with E-state index in [9.17, 15) is 4.39 Å². The van der Waals surface area contributed by atoms with Crippen LogP contribution >= 0.6 is 11.3 Å². The van der Waals surface area contributed by atoms with Gasteiger partial charge in [-0.1, -0.05) is 26.0 Å². The molecule has 0 bridgehead atoms. The van der Waals surface area contributed by atoms with Crippen LogP contribution in [0, 0.1) is 5.82 Å². The minimum Gasteiger partial charge on any atom is -0.310 e. The van der Waals surface area contributed by atoms with Crippen molar-refractivity contribution in [2.75, 3.05) is 0 Å². The van der Waals surface area contributed by atoms with E-state index >= 15 is 0 Å². The maximum Gasteiger partial charge on any atom is 0.123 e. The summed E-state index contributed by atoms with van der Waals surface area (Å²) in [4.78, 5) is 6.23. The van der Waals surface area contributed by atoms with Crippen molar-refractivity contribution in [3.8, 4) is 0 Å². The molecule has 0 spiro atoms. The van der Waals surface area contributed by atoms with Crippen LogP contribution in [-0.2, 0) is 13.0 Å². The van der Waals surface area contributed by atoms with Crippen LogP contribution in [0.15, 0.2) is 24.3 Å². The molecule has 1 heterocycles. The maximum absolute atomic E-state index is 13.0. The smallest absolute Gasteiger partial charge is 0.123 e. The third-order valence-electron chi connectivity index (χ3n) is 3.68. The zero-order valence-electron chi connectivity index (χ0n) is 12.5. The molecule has 1 aliphatic rings. The molecule has 0 aliphatic heterocycles. The molecule has 1 aliphatic carbocycles. The number of benzene rings is 1. The molecule has 1 fully saturated rings. The van der Waals surface area contributed by atoms with Crippen molar-refractivity contribution in [3.05, 3.63) is 51.2 Å². The first kappa shape index (κ1) is 14.7. The van der Waals surface area contributed by atoms with Gasteiger partial charge in [0.15, 0.2) is 0 Å². The number of halogens is 1. The highest BCUT2D eigenvalue weighted by Gasteiger charge is 2.29.